The molecule has 4 rings (SSSR count). The maximum Gasteiger partial charge on any atom is 0.293 e. The summed E-state index contributed by atoms with van der Waals surface area (Å²) in [4.78, 5) is 27.1. The Bertz CT molecular complexity index is 1080. The van der Waals surface area contributed by atoms with E-state index >= 15 is 0 Å². The van der Waals surface area contributed by atoms with Gasteiger partial charge in [0.05, 0.1) is 11.4 Å². The molecule has 2 heterocycles. The van der Waals surface area contributed by atoms with E-state index in [2.05, 4.69) is 29.8 Å². The molecule has 1 aliphatic rings. The quantitative estimate of drug-likeness (QED) is 0.533. The Morgan fingerprint density at radius 2 is 1.79 bits per heavy atom. The zero-order chi connectivity index (χ0) is 19.7. The lowest BCUT2D eigenvalue weighted by Gasteiger charge is -2.12. The van der Waals surface area contributed by atoms with E-state index in [-0.39, 0.29) is 11.1 Å². The molecule has 0 atom stereocenters. The minimum atomic E-state index is -0.220. The normalized spacial score (nSPS) is 15.9. The number of fused-ring (bicyclic) bond motifs is 1. The number of imide groups is 1. The van der Waals surface area contributed by atoms with Crippen LogP contribution in [0.25, 0.3) is 17.0 Å². The minimum absolute atomic E-state index is 0.214. The van der Waals surface area contributed by atoms with E-state index in [0.29, 0.717) is 11.4 Å². The third-order valence-corrected chi connectivity index (χ3v) is 5.81. The van der Waals surface area contributed by atoms with E-state index < -0.39 is 0 Å². The van der Waals surface area contributed by atoms with Crippen molar-refractivity contribution in [1.29, 1.82) is 0 Å². The van der Waals surface area contributed by atoms with Crippen LogP contribution in [0.2, 0.25) is 0 Å². The zero-order valence-corrected chi connectivity index (χ0v) is 16.8. The van der Waals surface area contributed by atoms with Gasteiger partial charge in [0.25, 0.3) is 11.1 Å². The topological polar surface area (TPSA) is 42.3 Å². The predicted octanol–water partition coefficient (Wildman–Crippen LogP) is 5.60. The van der Waals surface area contributed by atoms with Gasteiger partial charge in [-0.1, -0.05) is 55.0 Å². The molecule has 0 radical (unpaired) electrons. The van der Waals surface area contributed by atoms with Crippen molar-refractivity contribution >= 4 is 39.9 Å². The maximum atomic E-state index is 12.9. The Morgan fingerprint density at radius 1 is 1.04 bits per heavy atom. The molecule has 0 aliphatic carbocycles. The molecule has 5 heteroatoms. The molecule has 1 fully saturated rings. The van der Waals surface area contributed by atoms with Crippen molar-refractivity contribution in [3.63, 3.8) is 0 Å². The van der Waals surface area contributed by atoms with Gasteiger partial charge in [-0.3, -0.25) is 14.5 Å². The molecule has 0 unspecified atom stereocenters. The summed E-state index contributed by atoms with van der Waals surface area (Å²) >= 11 is 1.02. The first-order valence-electron chi connectivity index (χ1n) is 9.45. The number of carbonyl (C=O) groups excluding carboxylic acids is 2. The molecule has 0 N–H and O–H groups in total. The van der Waals surface area contributed by atoms with Crippen molar-refractivity contribution in [3.8, 4) is 0 Å². The van der Waals surface area contributed by atoms with E-state index in [0.717, 1.165) is 52.3 Å². The first kappa shape index (κ1) is 18.6. The second-order valence-corrected chi connectivity index (χ2v) is 8.04. The number of para-hydroxylation sites is 1. The molecule has 0 spiro atoms. The predicted molar refractivity (Wildman–Crippen MR) is 115 cm³/mol. The van der Waals surface area contributed by atoms with Gasteiger partial charge in [-0.15, -0.1) is 0 Å². The molecule has 142 valence electrons. The Hall–Kier alpha value is -2.79. The lowest BCUT2D eigenvalue weighted by molar-refractivity contribution is -0.123. The van der Waals surface area contributed by atoms with Crippen molar-refractivity contribution in [1.82, 2.24) is 9.47 Å². The van der Waals surface area contributed by atoms with Gasteiger partial charge in [0.1, 0.15) is 0 Å². The van der Waals surface area contributed by atoms with Crippen LogP contribution in [-0.2, 0) is 17.9 Å². The summed E-state index contributed by atoms with van der Waals surface area (Å²) in [7, 11) is 0. The van der Waals surface area contributed by atoms with Gasteiger partial charge in [0.2, 0.25) is 0 Å². The summed E-state index contributed by atoms with van der Waals surface area (Å²) in [5.74, 6) is -0.220. The van der Waals surface area contributed by atoms with Crippen LogP contribution < -0.4 is 0 Å². The number of aromatic nitrogens is 1. The lowest BCUT2D eigenvalue weighted by Crippen LogP contribution is -2.27. The average molecular weight is 391 g/mol. The molecular formula is C23H22N2O2S. The van der Waals surface area contributed by atoms with Crippen LogP contribution >= 0.6 is 11.8 Å². The summed E-state index contributed by atoms with van der Waals surface area (Å²) in [6.07, 6.45) is 4.96. The summed E-state index contributed by atoms with van der Waals surface area (Å²) < 4.78 is 2.21. The van der Waals surface area contributed by atoms with Crippen LogP contribution in [0.5, 0.6) is 0 Å². The van der Waals surface area contributed by atoms with Crippen LogP contribution in [0.15, 0.2) is 59.6 Å². The van der Waals surface area contributed by atoms with E-state index in [1.807, 2.05) is 49.4 Å². The molecule has 28 heavy (non-hydrogen) atoms. The van der Waals surface area contributed by atoms with E-state index in [4.69, 9.17) is 0 Å². The number of carbonyl (C=O) groups is 2. The number of thioether (sulfide) groups is 1. The van der Waals surface area contributed by atoms with Crippen molar-refractivity contribution in [2.45, 2.75) is 33.4 Å². The first-order valence-corrected chi connectivity index (χ1v) is 10.3. The SMILES string of the molecule is CCCn1cc(/C=C2\SC(=O)N(Cc3ccc(C)cc3)C2=O)c2ccccc21. The number of nitrogens with zero attached hydrogens (tertiary/aromatic N) is 2. The molecule has 1 aliphatic heterocycles. The van der Waals surface area contributed by atoms with Gasteiger partial charge in [0, 0.05) is 29.2 Å². The number of rotatable bonds is 5. The monoisotopic (exact) mass is 390 g/mol. The molecule has 2 aromatic carbocycles. The zero-order valence-electron chi connectivity index (χ0n) is 16.0. The number of benzene rings is 2. The van der Waals surface area contributed by atoms with Gasteiger partial charge >= 0.3 is 0 Å². The Labute approximate surface area is 168 Å². The van der Waals surface area contributed by atoms with Gasteiger partial charge < -0.3 is 4.57 Å². The van der Waals surface area contributed by atoms with Crippen molar-refractivity contribution in [2.24, 2.45) is 0 Å². The van der Waals surface area contributed by atoms with Gasteiger partial charge in [-0.2, -0.15) is 0 Å². The highest BCUT2D eigenvalue weighted by molar-refractivity contribution is 8.18. The van der Waals surface area contributed by atoms with E-state index in [1.54, 1.807) is 0 Å². The number of hydrogen-bond acceptors (Lipinski definition) is 3. The highest BCUT2D eigenvalue weighted by atomic mass is 32.2. The second kappa shape index (κ2) is 7.68. The fraction of sp³-hybridized carbons (Fsp3) is 0.217. The molecule has 2 amide bonds. The second-order valence-electron chi connectivity index (χ2n) is 7.05. The number of aryl methyl sites for hydroxylation is 2. The van der Waals surface area contributed by atoms with Crippen LogP contribution in [0.3, 0.4) is 0 Å². The third-order valence-electron chi connectivity index (χ3n) is 4.91. The summed E-state index contributed by atoms with van der Waals surface area (Å²) in [5.41, 5.74) is 4.23. The van der Waals surface area contributed by atoms with Crippen LogP contribution in [-0.4, -0.2) is 20.6 Å². The molecule has 1 saturated heterocycles. The summed E-state index contributed by atoms with van der Waals surface area (Å²) in [6.45, 7) is 5.38. The Balaban J connectivity index is 1.64. The Morgan fingerprint density at radius 3 is 2.54 bits per heavy atom. The molecule has 4 nitrogen and oxygen atoms in total. The van der Waals surface area contributed by atoms with Crippen molar-refractivity contribution in [2.75, 3.05) is 0 Å². The van der Waals surface area contributed by atoms with Gasteiger partial charge in [-0.05, 0) is 42.8 Å². The number of amides is 2. The van der Waals surface area contributed by atoms with Crippen molar-refractivity contribution < 1.29 is 9.59 Å². The Kier molecular flexibility index (Phi) is 5.09. The van der Waals surface area contributed by atoms with E-state index in [9.17, 15) is 9.59 Å². The van der Waals surface area contributed by atoms with Crippen molar-refractivity contribution in [3.05, 3.63) is 76.3 Å². The fourth-order valence-corrected chi connectivity index (χ4v) is 4.30. The first-order chi connectivity index (χ1) is 13.6. The highest BCUT2D eigenvalue weighted by Gasteiger charge is 2.35. The van der Waals surface area contributed by atoms with E-state index in [1.165, 1.54) is 4.90 Å². The molecule has 3 aromatic rings. The molecule has 0 saturated carbocycles. The standard InChI is InChI=1S/C23H22N2O2S/c1-3-12-24-15-18(19-6-4-5-7-20(19)24)13-21-22(26)25(23(27)28-21)14-17-10-8-16(2)9-11-17/h4-11,13,15H,3,12,14H2,1-2H3/b21-13-. The largest absolute Gasteiger partial charge is 0.347 e. The lowest BCUT2D eigenvalue weighted by atomic mass is 10.1. The summed E-state index contributed by atoms with van der Waals surface area (Å²) in [5, 5.41) is 0.885. The van der Waals surface area contributed by atoms with Crippen LogP contribution in [0.1, 0.15) is 30.0 Å². The molecule has 0 bridgehead atoms. The van der Waals surface area contributed by atoms with Gasteiger partial charge in [-0.25, -0.2) is 0 Å². The van der Waals surface area contributed by atoms with Crippen LogP contribution in [0.4, 0.5) is 4.79 Å². The molecule has 1 aromatic heterocycles. The minimum Gasteiger partial charge on any atom is -0.347 e. The smallest absolute Gasteiger partial charge is 0.293 e. The van der Waals surface area contributed by atoms with Crippen LogP contribution in [0, 0.1) is 6.92 Å². The summed E-state index contributed by atoms with van der Waals surface area (Å²) in [6, 6.07) is 16.1. The fourth-order valence-electron chi connectivity index (χ4n) is 3.47. The average Bonchev–Trinajstić information content (AvgIpc) is 3.17. The molecular weight excluding hydrogens is 368 g/mol. The number of hydrogen-bond donors (Lipinski definition) is 0. The van der Waals surface area contributed by atoms with Gasteiger partial charge in [0.15, 0.2) is 0 Å². The third kappa shape index (κ3) is 3.50. The maximum absolute atomic E-state index is 12.9. The highest BCUT2D eigenvalue weighted by Crippen LogP contribution is 2.35.